The van der Waals surface area contributed by atoms with Crippen molar-refractivity contribution >= 4 is 60.4 Å². The Bertz CT molecular complexity index is 1260. The number of hydrogen-bond donors (Lipinski definition) is 0. The summed E-state index contributed by atoms with van der Waals surface area (Å²) < 4.78 is 36.4. The van der Waals surface area contributed by atoms with Gasteiger partial charge in [-0.25, -0.2) is 8.42 Å². The molecule has 0 saturated carbocycles. The molecule has 1 fully saturated rings. The molecule has 1 unspecified atom stereocenters. The highest BCUT2D eigenvalue weighted by atomic mass is 35.5. The molecule has 31 heavy (non-hydrogen) atoms. The number of thiazole rings is 1. The minimum Gasteiger partial charge on any atom is -0.380 e. The highest BCUT2D eigenvalue weighted by Crippen LogP contribution is 2.32. The van der Waals surface area contributed by atoms with Crippen molar-refractivity contribution in [1.82, 2.24) is 8.87 Å². The first kappa shape index (κ1) is 22.6. The van der Waals surface area contributed by atoms with Crippen LogP contribution in [0, 0.1) is 0 Å². The van der Waals surface area contributed by atoms with Crippen molar-refractivity contribution < 1.29 is 17.9 Å². The van der Waals surface area contributed by atoms with Crippen molar-refractivity contribution in [2.45, 2.75) is 36.6 Å². The molecule has 1 saturated heterocycles. The van der Waals surface area contributed by atoms with Crippen LogP contribution in [-0.4, -0.2) is 49.0 Å². The van der Waals surface area contributed by atoms with Crippen molar-refractivity contribution in [2.75, 3.05) is 19.8 Å². The van der Waals surface area contributed by atoms with Crippen LogP contribution in [0.1, 0.15) is 19.8 Å². The normalized spacial score (nSPS) is 18.3. The molecule has 4 rings (SSSR count). The van der Waals surface area contributed by atoms with E-state index in [9.17, 15) is 13.2 Å². The number of halogens is 1. The lowest BCUT2D eigenvalue weighted by molar-refractivity contribution is -0.121. The maximum atomic E-state index is 13.1. The number of para-hydroxylation sites is 1. The van der Waals surface area contributed by atoms with Crippen LogP contribution in [0.15, 0.2) is 45.6 Å². The standard InChI is InChI=1S/C20H22ClN3O4S3/c1-2-28-13-12-23-14-6-3-4-8-16(14)29-20(23)22-19(25)15-7-5-11-24(15)31(26,27)18-10-9-17(21)30-18/h3-4,6,8-10,15H,2,5,7,11-13H2,1H3. The third kappa shape index (κ3) is 4.64. The third-order valence-corrected chi connectivity index (χ3v) is 9.72. The zero-order valence-electron chi connectivity index (χ0n) is 16.9. The number of hydrogen-bond acceptors (Lipinski definition) is 6. The average Bonchev–Trinajstić information content (AvgIpc) is 3.47. The van der Waals surface area contributed by atoms with Gasteiger partial charge in [-0.2, -0.15) is 9.30 Å². The first-order valence-corrected chi connectivity index (χ1v) is 13.4. The van der Waals surface area contributed by atoms with Crippen LogP contribution in [-0.2, 0) is 26.1 Å². The number of ether oxygens (including phenoxy) is 1. The molecular weight excluding hydrogens is 478 g/mol. The van der Waals surface area contributed by atoms with E-state index in [0.29, 0.717) is 48.3 Å². The van der Waals surface area contributed by atoms with Gasteiger partial charge in [0.15, 0.2) is 4.80 Å². The second kappa shape index (κ2) is 9.51. The molecule has 0 radical (unpaired) electrons. The summed E-state index contributed by atoms with van der Waals surface area (Å²) in [5.74, 6) is -0.444. The number of aromatic nitrogens is 1. The van der Waals surface area contributed by atoms with E-state index >= 15 is 0 Å². The van der Waals surface area contributed by atoms with E-state index in [4.69, 9.17) is 16.3 Å². The number of amides is 1. The SMILES string of the molecule is CCOCCn1c(=NC(=O)C2CCCN2S(=O)(=O)c2ccc(Cl)s2)sc2ccccc21. The third-order valence-electron chi connectivity index (χ3n) is 5.06. The van der Waals surface area contributed by atoms with E-state index in [1.165, 1.54) is 21.7 Å². The molecule has 1 aromatic carbocycles. The quantitative estimate of drug-likeness (QED) is 0.464. The largest absolute Gasteiger partial charge is 0.380 e. The Kier molecular flexibility index (Phi) is 6.95. The van der Waals surface area contributed by atoms with E-state index < -0.39 is 22.0 Å². The Balaban J connectivity index is 1.68. The Morgan fingerprint density at radius 3 is 2.81 bits per heavy atom. The fraction of sp³-hybridized carbons (Fsp3) is 0.400. The predicted octanol–water partition coefficient (Wildman–Crippen LogP) is 3.73. The van der Waals surface area contributed by atoms with Crippen molar-refractivity contribution in [3.8, 4) is 0 Å². The van der Waals surface area contributed by atoms with Gasteiger partial charge < -0.3 is 9.30 Å². The van der Waals surface area contributed by atoms with Gasteiger partial charge in [-0.3, -0.25) is 4.79 Å². The van der Waals surface area contributed by atoms with Crippen LogP contribution in [0.25, 0.3) is 10.2 Å². The van der Waals surface area contributed by atoms with Gasteiger partial charge >= 0.3 is 0 Å². The lowest BCUT2D eigenvalue weighted by Crippen LogP contribution is -2.40. The molecule has 0 spiro atoms. The Labute approximate surface area is 193 Å². The lowest BCUT2D eigenvalue weighted by Gasteiger charge is -2.20. The van der Waals surface area contributed by atoms with Crippen LogP contribution in [0.4, 0.5) is 0 Å². The van der Waals surface area contributed by atoms with E-state index in [0.717, 1.165) is 21.6 Å². The molecule has 3 aromatic rings. The van der Waals surface area contributed by atoms with E-state index in [-0.39, 0.29) is 4.21 Å². The minimum atomic E-state index is -3.79. The van der Waals surface area contributed by atoms with Gasteiger partial charge in [0.2, 0.25) is 0 Å². The van der Waals surface area contributed by atoms with Crippen LogP contribution in [0.3, 0.4) is 0 Å². The molecule has 0 aliphatic carbocycles. The fourth-order valence-electron chi connectivity index (χ4n) is 3.62. The average molecular weight is 500 g/mol. The summed E-state index contributed by atoms with van der Waals surface area (Å²) in [6.07, 6.45) is 1.06. The maximum absolute atomic E-state index is 13.1. The van der Waals surface area contributed by atoms with Crippen molar-refractivity contribution in [3.05, 3.63) is 45.5 Å². The monoisotopic (exact) mass is 499 g/mol. The zero-order chi connectivity index (χ0) is 22.0. The molecule has 11 heteroatoms. The summed E-state index contributed by atoms with van der Waals surface area (Å²) in [5, 5.41) is 0. The Hall–Kier alpha value is -1.56. The molecule has 3 heterocycles. The van der Waals surface area contributed by atoms with Crippen LogP contribution >= 0.6 is 34.3 Å². The predicted molar refractivity (Wildman–Crippen MR) is 123 cm³/mol. The summed E-state index contributed by atoms with van der Waals surface area (Å²) >= 11 is 8.33. The van der Waals surface area contributed by atoms with Crippen LogP contribution in [0.2, 0.25) is 4.34 Å². The summed E-state index contributed by atoms with van der Waals surface area (Å²) in [7, 11) is -3.79. The number of carbonyl (C=O) groups excluding carboxylic acids is 1. The molecule has 1 atom stereocenters. The first-order chi connectivity index (χ1) is 14.9. The van der Waals surface area contributed by atoms with Gasteiger partial charge in [0.25, 0.3) is 15.9 Å². The molecular formula is C20H22ClN3O4S3. The number of rotatable bonds is 7. The number of thiophene rings is 1. The first-order valence-electron chi connectivity index (χ1n) is 9.93. The highest BCUT2D eigenvalue weighted by Gasteiger charge is 2.40. The smallest absolute Gasteiger partial charge is 0.266 e. The topological polar surface area (TPSA) is 81.0 Å². The van der Waals surface area contributed by atoms with Crippen molar-refractivity contribution in [3.63, 3.8) is 0 Å². The zero-order valence-corrected chi connectivity index (χ0v) is 20.1. The summed E-state index contributed by atoms with van der Waals surface area (Å²) in [6.45, 7) is 3.89. The minimum absolute atomic E-state index is 0.144. The van der Waals surface area contributed by atoms with Gasteiger partial charge in [-0.15, -0.1) is 11.3 Å². The molecule has 1 aliphatic rings. The molecule has 0 N–H and O–H groups in total. The second-order valence-corrected chi connectivity index (χ2v) is 11.8. The number of nitrogens with zero attached hydrogens (tertiary/aromatic N) is 3. The molecule has 7 nitrogen and oxygen atoms in total. The molecule has 1 amide bonds. The van der Waals surface area contributed by atoms with Gasteiger partial charge in [0.1, 0.15) is 10.3 Å². The van der Waals surface area contributed by atoms with Crippen molar-refractivity contribution in [2.24, 2.45) is 4.99 Å². The fourth-order valence-corrected chi connectivity index (χ4v) is 7.94. The summed E-state index contributed by atoms with van der Waals surface area (Å²) in [5.41, 5.74) is 0.975. The number of benzene rings is 1. The molecule has 2 aromatic heterocycles. The number of sulfonamides is 1. The van der Waals surface area contributed by atoms with Gasteiger partial charge in [-0.1, -0.05) is 35.1 Å². The van der Waals surface area contributed by atoms with E-state index in [1.54, 1.807) is 6.07 Å². The Morgan fingerprint density at radius 2 is 2.06 bits per heavy atom. The summed E-state index contributed by atoms with van der Waals surface area (Å²) in [4.78, 5) is 18.1. The molecule has 1 aliphatic heterocycles. The number of carbonyl (C=O) groups is 1. The van der Waals surface area contributed by atoms with Gasteiger partial charge in [0, 0.05) is 19.7 Å². The lowest BCUT2D eigenvalue weighted by atomic mass is 10.2. The van der Waals surface area contributed by atoms with Gasteiger partial charge in [0.05, 0.1) is 21.2 Å². The van der Waals surface area contributed by atoms with E-state index in [2.05, 4.69) is 4.99 Å². The highest BCUT2D eigenvalue weighted by molar-refractivity contribution is 7.91. The van der Waals surface area contributed by atoms with Crippen LogP contribution < -0.4 is 4.80 Å². The van der Waals surface area contributed by atoms with Crippen molar-refractivity contribution in [1.29, 1.82) is 0 Å². The molecule has 166 valence electrons. The molecule has 0 bridgehead atoms. The maximum Gasteiger partial charge on any atom is 0.266 e. The van der Waals surface area contributed by atoms with Gasteiger partial charge in [-0.05, 0) is 44.0 Å². The van der Waals surface area contributed by atoms with E-state index in [1.807, 2.05) is 35.8 Å². The Morgan fingerprint density at radius 1 is 1.26 bits per heavy atom. The number of fused-ring (bicyclic) bond motifs is 1. The van der Waals surface area contributed by atoms with Crippen LogP contribution in [0.5, 0.6) is 0 Å². The summed E-state index contributed by atoms with van der Waals surface area (Å²) in [6, 6.07) is 10.1. The second-order valence-electron chi connectivity index (χ2n) is 6.98.